The maximum Gasteiger partial charge on any atom is 0.406 e. The van der Waals surface area contributed by atoms with Gasteiger partial charge >= 0.3 is 6.18 Å². The van der Waals surface area contributed by atoms with Crippen LogP contribution in [0.15, 0.2) is 0 Å². The van der Waals surface area contributed by atoms with Gasteiger partial charge in [-0.3, -0.25) is 14.6 Å². The number of carbonyl (C=O) groups excluding carboxylic acids is 1. The number of nitrogens with zero attached hydrogens (tertiary/aromatic N) is 3. The molecule has 1 N–H and O–H groups in total. The predicted molar refractivity (Wildman–Crippen MR) is 91.7 cm³/mol. The molecule has 3 aliphatic rings. The molecule has 0 aromatic heterocycles. The Morgan fingerprint density at radius 1 is 1.00 bits per heavy atom. The average Bonchev–Trinajstić information content (AvgIpc) is 2.57. The highest BCUT2D eigenvalue weighted by atomic mass is 19.4. The molecule has 0 spiro atoms. The van der Waals surface area contributed by atoms with Crippen LogP contribution in [0.1, 0.15) is 44.9 Å². The van der Waals surface area contributed by atoms with Crippen molar-refractivity contribution in [1.29, 1.82) is 0 Å². The number of alkyl halides is 3. The van der Waals surface area contributed by atoms with Gasteiger partial charge in [0.1, 0.15) is 6.54 Å². The van der Waals surface area contributed by atoms with Crippen molar-refractivity contribution >= 4 is 5.91 Å². The molecule has 150 valence electrons. The van der Waals surface area contributed by atoms with Crippen molar-refractivity contribution in [3.63, 3.8) is 0 Å². The summed E-state index contributed by atoms with van der Waals surface area (Å²) in [5, 5.41) is 10.7. The highest BCUT2D eigenvalue weighted by Crippen LogP contribution is 2.29. The molecule has 0 aromatic rings. The van der Waals surface area contributed by atoms with Crippen molar-refractivity contribution in [3.05, 3.63) is 0 Å². The Balaban J connectivity index is 1.50. The zero-order chi connectivity index (χ0) is 18.8. The molecule has 0 radical (unpaired) electrons. The Labute approximate surface area is 153 Å². The summed E-state index contributed by atoms with van der Waals surface area (Å²) in [5.74, 6) is -0.382. The first-order valence-electron chi connectivity index (χ1n) is 9.80. The topological polar surface area (TPSA) is 47.0 Å². The number of likely N-dealkylation sites (tertiary alicyclic amines) is 1. The number of amides is 1. The SMILES string of the molecule is O=C1[C@@H](N2CCN(CC3(O)CCCCC3)CC2)CCCN1CC(F)(F)F. The second kappa shape index (κ2) is 8.02. The van der Waals surface area contributed by atoms with Crippen LogP contribution in [0.25, 0.3) is 0 Å². The molecule has 1 aliphatic carbocycles. The predicted octanol–water partition coefficient (Wildman–Crippen LogP) is 1.85. The monoisotopic (exact) mass is 377 g/mol. The zero-order valence-electron chi connectivity index (χ0n) is 15.3. The minimum atomic E-state index is -4.34. The molecule has 1 atom stereocenters. The van der Waals surface area contributed by atoms with Gasteiger partial charge in [-0.25, -0.2) is 0 Å². The fourth-order valence-corrected chi connectivity index (χ4v) is 4.65. The van der Waals surface area contributed by atoms with Crippen LogP contribution in [0.2, 0.25) is 0 Å². The zero-order valence-corrected chi connectivity index (χ0v) is 15.3. The third kappa shape index (κ3) is 5.10. The Morgan fingerprint density at radius 2 is 1.65 bits per heavy atom. The van der Waals surface area contributed by atoms with E-state index in [0.717, 1.165) is 43.7 Å². The quantitative estimate of drug-likeness (QED) is 0.812. The molecule has 2 saturated heterocycles. The van der Waals surface area contributed by atoms with E-state index in [4.69, 9.17) is 0 Å². The Kier molecular flexibility index (Phi) is 6.14. The fourth-order valence-electron chi connectivity index (χ4n) is 4.65. The summed E-state index contributed by atoms with van der Waals surface area (Å²) in [6.07, 6.45) is 1.94. The Morgan fingerprint density at radius 3 is 2.27 bits per heavy atom. The van der Waals surface area contributed by atoms with E-state index in [9.17, 15) is 23.1 Å². The molecular weight excluding hydrogens is 347 g/mol. The van der Waals surface area contributed by atoms with Gasteiger partial charge in [0, 0.05) is 39.3 Å². The molecular formula is C18H30F3N3O2. The molecule has 3 rings (SSSR count). The summed E-state index contributed by atoms with van der Waals surface area (Å²) in [4.78, 5) is 17.7. The van der Waals surface area contributed by atoms with Crippen LogP contribution >= 0.6 is 0 Å². The van der Waals surface area contributed by atoms with Gasteiger partial charge in [-0.2, -0.15) is 13.2 Å². The molecule has 2 heterocycles. The first-order chi connectivity index (χ1) is 12.3. The maximum atomic E-state index is 12.7. The minimum Gasteiger partial charge on any atom is -0.389 e. The fraction of sp³-hybridized carbons (Fsp3) is 0.944. The van der Waals surface area contributed by atoms with Gasteiger partial charge in [-0.05, 0) is 25.7 Å². The Bertz CT molecular complexity index is 487. The number of β-amino-alcohol motifs (C(OH)–C–C–N with tert-alkyl or cyclic N) is 1. The van der Waals surface area contributed by atoms with Crippen LogP contribution in [-0.4, -0.2) is 89.3 Å². The van der Waals surface area contributed by atoms with E-state index in [1.54, 1.807) is 0 Å². The van der Waals surface area contributed by atoms with Crippen LogP contribution < -0.4 is 0 Å². The van der Waals surface area contributed by atoms with Gasteiger partial charge in [0.15, 0.2) is 0 Å². The molecule has 3 fully saturated rings. The number of halogens is 3. The number of piperidine rings is 1. The molecule has 2 aliphatic heterocycles. The second-order valence-corrected chi connectivity index (χ2v) is 8.13. The van der Waals surface area contributed by atoms with Crippen molar-refractivity contribution in [2.45, 2.75) is 62.8 Å². The summed E-state index contributed by atoms with van der Waals surface area (Å²) in [6, 6.07) is -0.425. The van der Waals surface area contributed by atoms with E-state index in [0.29, 0.717) is 32.5 Å². The minimum absolute atomic E-state index is 0.196. The Hall–Kier alpha value is -0.860. The molecule has 0 aromatic carbocycles. The largest absolute Gasteiger partial charge is 0.406 e. The summed E-state index contributed by atoms with van der Waals surface area (Å²) < 4.78 is 38.0. The van der Waals surface area contributed by atoms with Gasteiger partial charge in [0.05, 0.1) is 11.6 Å². The first-order valence-corrected chi connectivity index (χ1v) is 9.80. The van der Waals surface area contributed by atoms with E-state index in [1.807, 2.05) is 4.90 Å². The smallest absolute Gasteiger partial charge is 0.389 e. The van der Waals surface area contributed by atoms with Crippen LogP contribution in [0, 0.1) is 0 Å². The van der Waals surface area contributed by atoms with Crippen molar-refractivity contribution in [3.8, 4) is 0 Å². The molecule has 5 nitrogen and oxygen atoms in total. The molecule has 0 bridgehead atoms. The lowest BCUT2D eigenvalue weighted by molar-refractivity contribution is -0.168. The van der Waals surface area contributed by atoms with Crippen molar-refractivity contribution < 1.29 is 23.1 Å². The first kappa shape index (κ1) is 19.9. The third-order valence-corrected chi connectivity index (χ3v) is 6.02. The summed E-state index contributed by atoms with van der Waals surface area (Å²) in [5.41, 5.74) is -0.593. The van der Waals surface area contributed by atoms with E-state index in [-0.39, 0.29) is 12.5 Å². The molecule has 8 heteroatoms. The van der Waals surface area contributed by atoms with Gasteiger partial charge in [0.2, 0.25) is 5.91 Å². The van der Waals surface area contributed by atoms with Crippen LogP contribution in [-0.2, 0) is 4.79 Å². The van der Waals surface area contributed by atoms with Crippen LogP contribution in [0.4, 0.5) is 13.2 Å². The number of hydrogen-bond donors (Lipinski definition) is 1. The highest BCUT2D eigenvalue weighted by Gasteiger charge is 2.40. The third-order valence-electron chi connectivity index (χ3n) is 6.02. The molecule has 1 amide bonds. The van der Waals surface area contributed by atoms with E-state index in [1.165, 1.54) is 6.42 Å². The lowest BCUT2D eigenvalue weighted by Crippen LogP contribution is -2.59. The number of carbonyl (C=O) groups is 1. The number of rotatable bonds is 4. The van der Waals surface area contributed by atoms with Gasteiger partial charge < -0.3 is 10.0 Å². The lowest BCUT2D eigenvalue weighted by atomic mass is 9.84. The molecule has 1 saturated carbocycles. The molecule has 26 heavy (non-hydrogen) atoms. The molecule has 0 unspecified atom stereocenters. The summed E-state index contributed by atoms with van der Waals surface area (Å²) in [6.45, 7) is 2.58. The second-order valence-electron chi connectivity index (χ2n) is 8.13. The standard InChI is InChI=1S/C18H30F3N3O2/c19-18(20,21)14-24-8-4-5-15(16(24)25)23-11-9-22(10-12-23)13-17(26)6-2-1-3-7-17/h15,26H,1-14H2/t15-/m0/s1. The van der Waals surface area contributed by atoms with Gasteiger partial charge in [0.25, 0.3) is 0 Å². The van der Waals surface area contributed by atoms with E-state index in [2.05, 4.69) is 4.90 Å². The number of piperazine rings is 1. The highest BCUT2D eigenvalue weighted by molar-refractivity contribution is 5.82. The lowest BCUT2D eigenvalue weighted by Gasteiger charge is -2.44. The average molecular weight is 377 g/mol. The number of aliphatic hydroxyl groups is 1. The maximum absolute atomic E-state index is 12.7. The van der Waals surface area contributed by atoms with E-state index < -0.39 is 24.4 Å². The van der Waals surface area contributed by atoms with Crippen LogP contribution in [0.5, 0.6) is 0 Å². The normalized spacial score (nSPS) is 29.2. The summed E-state index contributed by atoms with van der Waals surface area (Å²) in [7, 11) is 0. The summed E-state index contributed by atoms with van der Waals surface area (Å²) >= 11 is 0. The van der Waals surface area contributed by atoms with Crippen molar-refractivity contribution in [2.75, 3.05) is 45.8 Å². The van der Waals surface area contributed by atoms with Crippen molar-refractivity contribution in [1.82, 2.24) is 14.7 Å². The van der Waals surface area contributed by atoms with E-state index >= 15 is 0 Å². The van der Waals surface area contributed by atoms with Gasteiger partial charge in [-0.15, -0.1) is 0 Å². The van der Waals surface area contributed by atoms with Gasteiger partial charge in [-0.1, -0.05) is 19.3 Å². The van der Waals surface area contributed by atoms with Crippen molar-refractivity contribution in [2.24, 2.45) is 0 Å². The number of hydrogen-bond acceptors (Lipinski definition) is 4. The van der Waals surface area contributed by atoms with Crippen LogP contribution in [0.3, 0.4) is 0 Å².